The first-order chi connectivity index (χ1) is 10.2. The number of nitrogens with two attached hydrogens (primary N) is 1. The van der Waals surface area contributed by atoms with Crippen LogP contribution in [0.25, 0.3) is 11.4 Å². The van der Waals surface area contributed by atoms with Crippen LogP contribution in [-0.2, 0) is 11.3 Å². The topological polar surface area (TPSA) is 78.8 Å². The van der Waals surface area contributed by atoms with Gasteiger partial charge in [0.2, 0.25) is 0 Å². The van der Waals surface area contributed by atoms with E-state index in [1.807, 2.05) is 18.2 Å². The molecular weight excluding hydrogens is 334 g/mol. The molecule has 0 unspecified atom stereocenters. The summed E-state index contributed by atoms with van der Waals surface area (Å²) in [7, 11) is 0. The van der Waals surface area contributed by atoms with E-state index >= 15 is 0 Å². The van der Waals surface area contributed by atoms with Gasteiger partial charge in [0.1, 0.15) is 0 Å². The van der Waals surface area contributed by atoms with E-state index in [0.717, 1.165) is 49.1 Å². The van der Waals surface area contributed by atoms with E-state index in [4.69, 9.17) is 10.5 Å². The molecule has 0 aliphatic carbocycles. The van der Waals surface area contributed by atoms with Gasteiger partial charge in [-0.25, -0.2) is 4.68 Å². The van der Waals surface area contributed by atoms with Crippen LogP contribution in [0.5, 0.6) is 0 Å². The Morgan fingerprint density at radius 3 is 2.90 bits per heavy atom. The Morgan fingerprint density at radius 2 is 2.10 bits per heavy atom. The molecule has 2 aromatic rings. The number of tetrazole rings is 1. The molecule has 2 rings (SSSR count). The summed E-state index contributed by atoms with van der Waals surface area (Å²) in [4.78, 5) is 0. The lowest BCUT2D eigenvalue weighted by Gasteiger charge is -2.07. The van der Waals surface area contributed by atoms with Gasteiger partial charge in [-0.15, -0.1) is 5.10 Å². The monoisotopic (exact) mass is 353 g/mol. The van der Waals surface area contributed by atoms with Crippen molar-refractivity contribution in [2.75, 3.05) is 18.9 Å². The summed E-state index contributed by atoms with van der Waals surface area (Å²) in [6.45, 7) is 4.41. The zero-order valence-corrected chi connectivity index (χ0v) is 13.7. The third-order valence-electron chi connectivity index (χ3n) is 3.06. The van der Waals surface area contributed by atoms with Gasteiger partial charge in [-0.2, -0.15) is 0 Å². The zero-order valence-electron chi connectivity index (χ0n) is 12.1. The van der Waals surface area contributed by atoms with Crippen molar-refractivity contribution in [3.63, 3.8) is 0 Å². The van der Waals surface area contributed by atoms with Gasteiger partial charge >= 0.3 is 0 Å². The van der Waals surface area contributed by atoms with Gasteiger partial charge in [-0.3, -0.25) is 0 Å². The first-order valence-electron chi connectivity index (χ1n) is 7.11. The van der Waals surface area contributed by atoms with E-state index in [1.54, 1.807) is 4.68 Å². The maximum Gasteiger partial charge on any atom is 0.183 e. The van der Waals surface area contributed by atoms with Crippen LogP contribution in [0.3, 0.4) is 0 Å². The highest BCUT2D eigenvalue weighted by Crippen LogP contribution is 2.28. The fraction of sp³-hybridized carbons (Fsp3) is 0.500. The third kappa shape index (κ3) is 4.50. The standard InChI is InChI=1S/C14H20BrN5O/c1-2-3-8-21-9-4-7-20-14(17-18-19-20)12-10-11(16)5-6-13(12)15/h5-6,10H,2-4,7-9,16H2,1H3. The highest BCUT2D eigenvalue weighted by molar-refractivity contribution is 9.10. The van der Waals surface area contributed by atoms with Gasteiger partial charge in [0.05, 0.1) is 0 Å². The van der Waals surface area contributed by atoms with E-state index in [-0.39, 0.29) is 0 Å². The lowest BCUT2D eigenvalue weighted by Crippen LogP contribution is -2.07. The highest BCUT2D eigenvalue weighted by Gasteiger charge is 2.12. The number of anilines is 1. The van der Waals surface area contributed by atoms with Gasteiger partial charge in [0.15, 0.2) is 5.82 Å². The second kappa shape index (κ2) is 8.09. The lowest BCUT2D eigenvalue weighted by molar-refractivity contribution is 0.125. The number of hydrogen-bond acceptors (Lipinski definition) is 5. The zero-order chi connectivity index (χ0) is 15.1. The molecular formula is C14H20BrN5O. The molecule has 1 aromatic carbocycles. The maximum absolute atomic E-state index is 5.83. The summed E-state index contributed by atoms with van der Waals surface area (Å²) in [6, 6.07) is 5.60. The molecule has 7 heteroatoms. The second-order valence-corrected chi connectivity index (χ2v) is 5.64. The molecule has 0 spiro atoms. The van der Waals surface area contributed by atoms with Crippen LogP contribution >= 0.6 is 15.9 Å². The van der Waals surface area contributed by atoms with E-state index < -0.39 is 0 Å². The first-order valence-corrected chi connectivity index (χ1v) is 7.91. The molecule has 1 heterocycles. The number of hydrogen-bond donors (Lipinski definition) is 1. The van der Waals surface area contributed by atoms with Crippen molar-refractivity contribution >= 4 is 21.6 Å². The minimum Gasteiger partial charge on any atom is -0.399 e. The molecule has 2 N–H and O–H groups in total. The van der Waals surface area contributed by atoms with Crippen molar-refractivity contribution in [2.24, 2.45) is 0 Å². The first kappa shape index (κ1) is 15.9. The summed E-state index contributed by atoms with van der Waals surface area (Å²) in [5, 5.41) is 11.9. The summed E-state index contributed by atoms with van der Waals surface area (Å²) < 4.78 is 8.25. The Bertz CT molecular complexity index is 572. The van der Waals surface area contributed by atoms with Crippen LogP contribution in [0.1, 0.15) is 26.2 Å². The van der Waals surface area contributed by atoms with Crippen LogP contribution in [0.2, 0.25) is 0 Å². The number of nitrogens with zero attached hydrogens (tertiary/aromatic N) is 4. The number of rotatable bonds is 8. The van der Waals surface area contributed by atoms with Crippen molar-refractivity contribution in [3.8, 4) is 11.4 Å². The number of aryl methyl sites for hydroxylation is 1. The quantitative estimate of drug-likeness (QED) is 0.583. The Morgan fingerprint density at radius 1 is 1.29 bits per heavy atom. The van der Waals surface area contributed by atoms with Gasteiger partial charge in [-0.05, 0) is 41.5 Å². The number of unbranched alkanes of at least 4 members (excludes halogenated alkanes) is 1. The van der Waals surface area contributed by atoms with E-state index in [2.05, 4.69) is 38.4 Å². The molecule has 0 bridgehead atoms. The predicted octanol–water partition coefficient (Wildman–Crippen LogP) is 2.89. The van der Waals surface area contributed by atoms with Crippen LogP contribution in [-0.4, -0.2) is 33.4 Å². The third-order valence-corrected chi connectivity index (χ3v) is 3.76. The molecule has 0 fully saturated rings. The summed E-state index contributed by atoms with van der Waals surface area (Å²) in [6.07, 6.45) is 3.13. The van der Waals surface area contributed by atoms with Crippen molar-refractivity contribution in [2.45, 2.75) is 32.7 Å². The van der Waals surface area contributed by atoms with Gasteiger partial charge < -0.3 is 10.5 Å². The number of halogens is 1. The number of benzene rings is 1. The fourth-order valence-corrected chi connectivity index (χ4v) is 2.35. The number of ether oxygens (including phenoxy) is 1. The van der Waals surface area contributed by atoms with E-state index in [9.17, 15) is 0 Å². The van der Waals surface area contributed by atoms with Crippen LogP contribution < -0.4 is 5.73 Å². The Labute approximate surface area is 132 Å². The smallest absolute Gasteiger partial charge is 0.183 e. The SMILES string of the molecule is CCCCOCCCn1nnnc1-c1cc(N)ccc1Br. The van der Waals surface area contributed by atoms with Crippen molar-refractivity contribution in [1.82, 2.24) is 20.2 Å². The average Bonchev–Trinajstić information content (AvgIpc) is 2.93. The Kier molecular flexibility index (Phi) is 6.13. The van der Waals surface area contributed by atoms with Crippen LogP contribution in [0, 0.1) is 0 Å². The molecule has 0 aliphatic heterocycles. The molecule has 21 heavy (non-hydrogen) atoms. The van der Waals surface area contributed by atoms with Crippen LogP contribution in [0.4, 0.5) is 5.69 Å². The Balaban J connectivity index is 1.97. The molecule has 0 aliphatic rings. The minimum atomic E-state index is 0.686. The fourth-order valence-electron chi connectivity index (χ4n) is 1.93. The molecule has 0 saturated carbocycles. The molecule has 1 aromatic heterocycles. The molecule has 6 nitrogen and oxygen atoms in total. The molecule has 0 amide bonds. The summed E-state index contributed by atoms with van der Waals surface area (Å²) in [5.41, 5.74) is 7.41. The van der Waals surface area contributed by atoms with E-state index in [1.165, 1.54) is 0 Å². The van der Waals surface area contributed by atoms with Crippen molar-refractivity contribution in [1.29, 1.82) is 0 Å². The largest absolute Gasteiger partial charge is 0.399 e. The maximum atomic E-state index is 5.83. The summed E-state index contributed by atoms with van der Waals surface area (Å²) >= 11 is 3.51. The predicted molar refractivity (Wildman–Crippen MR) is 85.7 cm³/mol. The number of aromatic nitrogens is 4. The van der Waals surface area contributed by atoms with Crippen molar-refractivity contribution < 1.29 is 4.74 Å². The molecule has 0 radical (unpaired) electrons. The average molecular weight is 354 g/mol. The van der Waals surface area contributed by atoms with Crippen LogP contribution in [0.15, 0.2) is 22.7 Å². The van der Waals surface area contributed by atoms with Gasteiger partial charge in [0.25, 0.3) is 0 Å². The van der Waals surface area contributed by atoms with E-state index in [0.29, 0.717) is 11.5 Å². The molecule has 0 saturated heterocycles. The van der Waals surface area contributed by atoms with Gasteiger partial charge in [0, 0.05) is 35.5 Å². The number of nitrogen functional groups attached to an aromatic ring is 1. The molecule has 0 atom stereocenters. The highest BCUT2D eigenvalue weighted by atomic mass is 79.9. The van der Waals surface area contributed by atoms with Gasteiger partial charge in [-0.1, -0.05) is 29.3 Å². The second-order valence-electron chi connectivity index (χ2n) is 4.78. The summed E-state index contributed by atoms with van der Waals surface area (Å²) in [5.74, 6) is 0.711. The van der Waals surface area contributed by atoms with Crippen molar-refractivity contribution in [3.05, 3.63) is 22.7 Å². The lowest BCUT2D eigenvalue weighted by atomic mass is 10.2. The normalized spacial score (nSPS) is 11.0. The minimum absolute atomic E-state index is 0.686. The Hall–Kier alpha value is -1.47. The molecule has 114 valence electrons.